The molecule has 0 radical (unpaired) electrons. The standard InChI is InChI=1S/C52H74N10O7/c1-15-36(45(53-16-2)33(6)67-14)46-38-27-51(7,8)31-69-50(66)40-19-18-24-62(56-40)49(65)41(26-43-55-47(59(13)57-43)34-20-21-42(37(38)25-34)61(46)17-3)54-48(64)39(32(4)5)30-68-35-28-60(29-35)44(63)22-23-52(9,10)58(11)12/h15-16,20-21,25,32-33,35,39-41,56H,1,17-19,24,26-31H2,2-14H3,(H,54,64)/b45-36+,53-16-/t33-,39-,40-,41-/m0/s1. The third-order valence-corrected chi connectivity index (χ3v) is 13.7. The number of fused-ring (bicyclic) bond motifs is 6. The first-order valence-electron chi connectivity index (χ1n) is 24.2. The lowest BCUT2D eigenvalue weighted by atomic mass is 9.84. The van der Waals surface area contributed by atoms with Crippen LogP contribution in [-0.2, 0) is 59.8 Å². The van der Waals surface area contributed by atoms with E-state index in [1.165, 1.54) is 5.01 Å². The van der Waals surface area contributed by atoms with E-state index in [0.29, 0.717) is 57.1 Å². The fourth-order valence-electron chi connectivity index (χ4n) is 8.90. The highest BCUT2D eigenvalue weighted by molar-refractivity contribution is 5.96. The first-order valence-corrected chi connectivity index (χ1v) is 24.2. The van der Waals surface area contributed by atoms with Gasteiger partial charge in [0.15, 0.2) is 11.6 Å². The zero-order chi connectivity index (χ0) is 50.5. The molecule has 374 valence electrons. The van der Waals surface area contributed by atoms with Crippen LogP contribution in [0.1, 0.15) is 92.2 Å². The molecule has 3 aliphatic heterocycles. The minimum Gasteiger partial charge on any atom is -0.464 e. The van der Waals surface area contributed by atoms with E-state index < -0.39 is 40.8 Å². The van der Waals surface area contributed by atoms with Crippen LogP contribution < -0.4 is 10.7 Å². The van der Waals surface area contributed by atoms with Crippen molar-refractivity contribution in [3.05, 3.63) is 53.6 Å². The summed E-state index contributed by atoms with van der Waals surface area (Å²) in [6.45, 7) is 24.0. The SMILES string of the molecule is C=C/C(=C(\N=C/C)[C@H](C)OC)c1c2c3cc(ccc3n1CC)-c1nc(nn1C)C[C@H](NC(=O)[C@@H](COC1CN(C(=O)C#CC(C)(C)N(C)C)C1)C(C)C)C(=O)N1CCC[C@H](N1)C(=O)OCC(C)(C)C2. The van der Waals surface area contributed by atoms with Gasteiger partial charge in [0, 0.05) is 80.4 Å². The number of hydrazine groups is 1. The number of carbonyl (C=O) groups is 4. The van der Waals surface area contributed by atoms with E-state index in [1.54, 1.807) is 22.9 Å². The summed E-state index contributed by atoms with van der Waals surface area (Å²) in [6, 6.07) is 4.35. The van der Waals surface area contributed by atoms with E-state index in [-0.39, 0.29) is 49.6 Å². The molecule has 5 heterocycles. The number of aryl methyl sites for hydroxylation is 2. The highest BCUT2D eigenvalue weighted by Crippen LogP contribution is 2.40. The van der Waals surface area contributed by atoms with Crippen LogP contribution in [0.15, 0.2) is 41.5 Å². The number of nitrogens with zero attached hydrogens (tertiary/aromatic N) is 8. The number of amides is 3. The molecule has 6 bridgehead atoms. The van der Waals surface area contributed by atoms with Crippen molar-refractivity contribution in [2.45, 2.75) is 124 Å². The number of aromatic nitrogens is 4. The average molecular weight is 951 g/mol. The van der Waals surface area contributed by atoms with Crippen LogP contribution in [-0.4, -0.2) is 148 Å². The van der Waals surface area contributed by atoms with Gasteiger partial charge in [-0.3, -0.25) is 34.1 Å². The normalized spacial score (nSPS) is 20.5. The number of hydrogen-bond acceptors (Lipinski definition) is 12. The molecule has 6 rings (SSSR count). The molecule has 1 aromatic carbocycles. The number of esters is 1. The van der Waals surface area contributed by atoms with Crippen molar-refractivity contribution in [1.29, 1.82) is 0 Å². The predicted octanol–water partition coefficient (Wildman–Crippen LogP) is 4.97. The van der Waals surface area contributed by atoms with Crippen LogP contribution in [0.4, 0.5) is 0 Å². The highest BCUT2D eigenvalue weighted by Gasteiger charge is 2.38. The van der Waals surface area contributed by atoms with Crippen LogP contribution in [0.5, 0.6) is 0 Å². The molecule has 4 atom stereocenters. The third-order valence-electron chi connectivity index (χ3n) is 13.7. The maximum absolute atomic E-state index is 14.6. The lowest BCUT2D eigenvalue weighted by molar-refractivity contribution is -0.155. The van der Waals surface area contributed by atoms with E-state index in [2.05, 4.69) is 66.6 Å². The van der Waals surface area contributed by atoms with Crippen molar-refractivity contribution in [3.63, 3.8) is 0 Å². The van der Waals surface area contributed by atoms with Gasteiger partial charge in [-0.1, -0.05) is 46.3 Å². The number of nitrogens with one attached hydrogen (secondary N) is 2. The van der Waals surface area contributed by atoms with Crippen molar-refractivity contribution in [1.82, 2.24) is 44.9 Å². The molecular weight excluding hydrogens is 877 g/mol. The van der Waals surface area contributed by atoms with E-state index in [9.17, 15) is 19.2 Å². The lowest BCUT2D eigenvalue weighted by Gasteiger charge is -2.38. The summed E-state index contributed by atoms with van der Waals surface area (Å²) < 4.78 is 22.1. The molecule has 3 aromatic rings. The monoisotopic (exact) mass is 951 g/mol. The Morgan fingerprint density at radius 3 is 2.55 bits per heavy atom. The summed E-state index contributed by atoms with van der Waals surface area (Å²) in [4.78, 5) is 69.1. The maximum atomic E-state index is 14.6. The largest absolute Gasteiger partial charge is 0.464 e. The van der Waals surface area contributed by atoms with Crippen LogP contribution in [0.25, 0.3) is 27.9 Å². The number of hydrogen-bond donors (Lipinski definition) is 2. The Hall–Kier alpha value is -5.67. The first-order chi connectivity index (χ1) is 32.6. The number of rotatable bonds is 13. The fraction of sp³-hybridized carbons (Fsp3) is 0.596. The minimum absolute atomic E-state index is 0.0212. The smallest absolute Gasteiger partial charge is 0.324 e. The van der Waals surface area contributed by atoms with Gasteiger partial charge in [-0.25, -0.2) is 15.1 Å². The molecule has 0 unspecified atom stereocenters. The topological polar surface area (TPSA) is 178 Å². The van der Waals surface area contributed by atoms with E-state index in [0.717, 1.165) is 39.0 Å². The maximum Gasteiger partial charge on any atom is 0.324 e. The zero-order valence-corrected chi connectivity index (χ0v) is 43.1. The first kappa shape index (κ1) is 52.7. The molecule has 17 heteroatoms. The van der Waals surface area contributed by atoms with Crippen molar-refractivity contribution in [3.8, 4) is 23.2 Å². The average Bonchev–Trinajstić information content (AvgIpc) is 3.81. The quantitative estimate of drug-likeness (QED) is 0.102. The van der Waals surface area contributed by atoms with Gasteiger partial charge in [-0.2, -0.15) is 5.10 Å². The van der Waals surface area contributed by atoms with Crippen molar-refractivity contribution in [2.24, 2.45) is 29.3 Å². The van der Waals surface area contributed by atoms with E-state index in [4.69, 9.17) is 29.3 Å². The molecule has 17 nitrogen and oxygen atoms in total. The van der Waals surface area contributed by atoms with Crippen molar-refractivity contribution >= 4 is 46.4 Å². The Kier molecular flexibility index (Phi) is 16.8. The number of benzene rings is 1. The van der Waals surface area contributed by atoms with Crippen molar-refractivity contribution in [2.75, 3.05) is 54.1 Å². The lowest BCUT2D eigenvalue weighted by Crippen LogP contribution is -2.61. The summed E-state index contributed by atoms with van der Waals surface area (Å²) in [5.41, 5.74) is 7.53. The molecule has 0 aliphatic carbocycles. The van der Waals surface area contributed by atoms with Gasteiger partial charge in [-0.15, -0.1) is 0 Å². The van der Waals surface area contributed by atoms with Gasteiger partial charge in [0.25, 0.3) is 11.8 Å². The molecule has 3 aliphatic rings. The van der Waals surface area contributed by atoms with E-state index >= 15 is 0 Å². The molecule has 0 saturated carbocycles. The highest BCUT2D eigenvalue weighted by atomic mass is 16.5. The van der Waals surface area contributed by atoms with Gasteiger partial charge in [0.2, 0.25) is 5.91 Å². The Bertz CT molecular complexity index is 2530. The number of carbonyl (C=O) groups excluding carboxylic acids is 4. The number of aliphatic imine (C=N–C) groups is 1. The Balaban J connectivity index is 1.35. The van der Waals surface area contributed by atoms with Crippen LogP contribution in [0, 0.1) is 29.1 Å². The predicted molar refractivity (Wildman–Crippen MR) is 268 cm³/mol. The Labute approximate surface area is 408 Å². The second kappa shape index (κ2) is 22.0. The Morgan fingerprint density at radius 1 is 1.19 bits per heavy atom. The minimum atomic E-state index is -1.09. The summed E-state index contributed by atoms with van der Waals surface area (Å²) in [5.74, 6) is 4.45. The third kappa shape index (κ3) is 11.9. The fourth-order valence-corrected chi connectivity index (χ4v) is 8.90. The van der Waals surface area contributed by atoms with Crippen molar-refractivity contribution < 1.29 is 33.4 Å². The second-order valence-corrected chi connectivity index (χ2v) is 20.3. The molecule has 69 heavy (non-hydrogen) atoms. The molecule has 2 fully saturated rings. The number of cyclic esters (lactones) is 1. The zero-order valence-electron chi connectivity index (χ0n) is 43.1. The van der Waals surface area contributed by atoms with Crippen LogP contribution in [0.2, 0.25) is 0 Å². The van der Waals surface area contributed by atoms with Crippen LogP contribution >= 0.6 is 0 Å². The molecule has 2 aromatic heterocycles. The summed E-state index contributed by atoms with van der Waals surface area (Å²) >= 11 is 0. The Morgan fingerprint density at radius 2 is 1.91 bits per heavy atom. The summed E-state index contributed by atoms with van der Waals surface area (Å²) in [5, 5.41) is 10.3. The molecular formula is C52H74N10O7. The number of likely N-dealkylation sites (tertiary alicyclic amines) is 1. The van der Waals surface area contributed by atoms with Crippen LogP contribution in [0.3, 0.4) is 0 Å². The van der Waals surface area contributed by atoms with Gasteiger partial charge in [-0.05, 0) is 104 Å². The number of methoxy groups -OCH3 is 1. The van der Waals surface area contributed by atoms with Gasteiger partial charge < -0.3 is 29.0 Å². The van der Waals surface area contributed by atoms with Gasteiger partial charge in [0.05, 0.1) is 48.3 Å². The second-order valence-electron chi connectivity index (χ2n) is 20.3. The summed E-state index contributed by atoms with van der Waals surface area (Å²) in [7, 11) is 7.31. The van der Waals surface area contributed by atoms with Gasteiger partial charge >= 0.3 is 5.97 Å². The number of ether oxygens (including phenoxy) is 3. The molecule has 0 spiro atoms. The molecule has 2 saturated heterocycles. The molecule has 3 amide bonds. The van der Waals surface area contributed by atoms with E-state index in [1.807, 2.05) is 79.7 Å². The molecule has 2 N–H and O–H groups in total. The van der Waals surface area contributed by atoms with Gasteiger partial charge in [0.1, 0.15) is 12.1 Å². The number of allylic oxidation sites excluding steroid dienone is 2. The summed E-state index contributed by atoms with van der Waals surface area (Å²) in [6.07, 6.45) is 4.53.